The molecule has 98 valence electrons. The number of hydrogen-bond donors (Lipinski definition) is 1. The second-order valence-electron chi connectivity index (χ2n) is 4.41. The minimum Gasteiger partial charge on any atom is -0.369 e. The molecule has 0 bridgehead atoms. The molecule has 1 unspecified atom stereocenters. The molecule has 0 amide bonds. The van der Waals surface area contributed by atoms with Gasteiger partial charge in [-0.15, -0.1) is 11.3 Å². The third-order valence-corrected chi connectivity index (χ3v) is 3.85. The summed E-state index contributed by atoms with van der Waals surface area (Å²) < 4.78 is 1.71. The van der Waals surface area contributed by atoms with Gasteiger partial charge in [0.2, 0.25) is 0 Å². The Bertz CT molecular complexity index is 675. The van der Waals surface area contributed by atoms with Crippen LogP contribution >= 0.6 is 11.3 Å². The second-order valence-corrected chi connectivity index (χ2v) is 5.33. The summed E-state index contributed by atoms with van der Waals surface area (Å²) >= 11 is 1.68. The molecule has 0 saturated heterocycles. The van der Waals surface area contributed by atoms with Crippen LogP contribution in [0.1, 0.15) is 23.5 Å². The normalized spacial score (nSPS) is 12.7. The molecule has 0 radical (unpaired) electrons. The summed E-state index contributed by atoms with van der Waals surface area (Å²) in [5.41, 5.74) is 0.921. The van der Waals surface area contributed by atoms with Gasteiger partial charge in [0.05, 0.1) is 5.01 Å². The Kier molecular flexibility index (Phi) is 3.12. The highest BCUT2D eigenvalue weighted by Gasteiger charge is 2.10. The minimum atomic E-state index is 0.354. The average Bonchev–Trinajstić information content (AvgIpc) is 3.05. The topological polar surface area (TPSA) is 68.0 Å². The van der Waals surface area contributed by atoms with Gasteiger partial charge in [0.25, 0.3) is 5.78 Å². The number of thiazole rings is 1. The van der Waals surface area contributed by atoms with Crippen LogP contribution in [0.3, 0.4) is 0 Å². The highest BCUT2D eigenvalue weighted by Crippen LogP contribution is 2.18. The standard InChI is InChI=1S/C12H14N6S/c1-8(11-13-3-4-19-11)6-14-10-5-9(2)17-12-15-7-16-18(10)12/h3-5,7-8,14H,6H2,1-2H3. The van der Waals surface area contributed by atoms with Crippen molar-refractivity contribution in [1.29, 1.82) is 0 Å². The van der Waals surface area contributed by atoms with Crippen LogP contribution in [0.5, 0.6) is 0 Å². The summed E-state index contributed by atoms with van der Waals surface area (Å²) in [6.07, 6.45) is 3.35. The SMILES string of the molecule is Cc1cc(NCC(C)c2nccs2)n2ncnc2n1. The van der Waals surface area contributed by atoms with E-state index < -0.39 is 0 Å². The lowest BCUT2D eigenvalue weighted by atomic mass is 10.2. The first-order valence-corrected chi connectivity index (χ1v) is 6.92. The van der Waals surface area contributed by atoms with E-state index in [0.29, 0.717) is 11.7 Å². The number of hydrogen-bond acceptors (Lipinski definition) is 6. The first-order valence-electron chi connectivity index (χ1n) is 6.04. The van der Waals surface area contributed by atoms with Gasteiger partial charge >= 0.3 is 0 Å². The number of nitrogens with one attached hydrogen (secondary N) is 1. The molecular formula is C12H14N6S. The number of aromatic nitrogens is 5. The lowest BCUT2D eigenvalue weighted by Gasteiger charge is -2.12. The Morgan fingerprint density at radius 1 is 1.42 bits per heavy atom. The summed E-state index contributed by atoms with van der Waals surface area (Å²) in [6.45, 7) is 4.90. The molecule has 0 aliphatic rings. The molecule has 7 heteroatoms. The first-order chi connectivity index (χ1) is 9.24. The fourth-order valence-corrected chi connectivity index (χ4v) is 2.58. The van der Waals surface area contributed by atoms with Gasteiger partial charge in [-0.1, -0.05) is 6.92 Å². The minimum absolute atomic E-state index is 0.354. The molecule has 0 saturated carbocycles. The number of aryl methyl sites for hydroxylation is 1. The number of fused-ring (bicyclic) bond motifs is 1. The van der Waals surface area contributed by atoms with Crippen molar-refractivity contribution in [2.45, 2.75) is 19.8 Å². The van der Waals surface area contributed by atoms with Crippen molar-refractivity contribution in [3.63, 3.8) is 0 Å². The zero-order valence-electron chi connectivity index (χ0n) is 10.7. The van der Waals surface area contributed by atoms with Crippen molar-refractivity contribution in [3.8, 4) is 0 Å². The largest absolute Gasteiger partial charge is 0.369 e. The summed E-state index contributed by atoms with van der Waals surface area (Å²) in [6, 6.07) is 1.97. The molecule has 3 heterocycles. The van der Waals surface area contributed by atoms with E-state index in [1.807, 2.05) is 24.6 Å². The quantitative estimate of drug-likeness (QED) is 0.789. The smallest absolute Gasteiger partial charge is 0.254 e. The van der Waals surface area contributed by atoms with E-state index in [-0.39, 0.29) is 0 Å². The van der Waals surface area contributed by atoms with Crippen LogP contribution in [-0.2, 0) is 0 Å². The van der Waals surface area contributed by atoms with Crippen LogP contribution in [0.2, 0.25) is 0 Å². The highest BCUT2D eigenvalue weighted by molar-refractivity contribution is 7.09. The maximum absolute atomic E-state index is 4.33. The molecule has 0 aliphatic heterocycles. The number of nitrogens with zero attached hydrogens (tertiary/aromatic N) is 5. The third-order valence-electron chi connectivity index (χ3n) is 2.84. The van der Waals surface area contributed by atoms with Crippen molar-refractivity contribution >= 4 is 22.9 Å². The van der Waals surface area contributed by atoms with Gasteiger partial charge in [-0.2, -0.15) is 14.6 Å². The van der Waals surface area contributed by atoms with Gasteiger partial charge in [0, 0.05) is 35.8 Å². The first kappa shape index (κ1) is 12.0. The fourth-order valence-electron chi connectivity index (χ4n) is 1.88. The van der Waals surface area contributed by atoms with Gasteiger partial charge in [-0.25, -0.2) is 9.97 Å². The van der Waals surface area contributed by atoms with Crippen molar-refractivity contribution < 1.29 is 0 Å². The molecule has 6 nitrogen and oxygen atoms in total. The van der Waals surface area contributed by atoms with E-state index in [1.165, 1.54) is 6.33 Å². The van der Waals surface area contributed by atoms with E-state index in [2.05, 4.69) is 32.3 Å². The Labute approximate surface area is 114 Å². The maximum atomic E-state index is 4.33. The van der Waals surface area contributed by atoms with Crippen LogP contribution in [0.25, 0.3) is 5.78 Å². The fraction of sp³-hybridized carbons (Fsp3) is 0.333. The van der Waals surface area contributed by atoms with E-state index in [9.17, 15) is 0 Å². The summed E-state index contributed by atoms with van der Waals surface area (Å²) in [4.78, 5) is 12.7. The number of anilines is 1. The monoisotopic (exact) mass is 274 g/mol. The molecule has 0 aromatic carbocycles. The van der Waals surface area contributed by atoms with E-state index >= 15 is 0 Å². The van der Waals surface area contributed by atoms with Gasteiger partial charge in [-0.05, 0) is 6.92 Å². The van der Waals surface area contributed by atoms with Gasteiger partial charge < -0.3 is 5.32 Å². The second kappa shape index (κ2) is 4.93. The molecular weight excluding hydrogens is 260 g/mol. The third kappa shape index (κ3) is 2.41. The van der Waals surface area contributed by atoms with Crippen LogP contribution < -0.4 is 5.32 Å². The van der Waals surface area contributed by atoms with E-state index in [0.717, 1.165) is 23.1 Å². The molecule has 3 rings (SSSR count). The van der Waals surface area contributed by atoms with Crippen LogP contribution in [0.4, 0.5) is 5.82 Å². The van der Waals surface area contributed by atoms with Gasteiger partial charge in [-0.3, -0.25) is 0 Å². The Morgan fingerprint density at radius 3 is 3.11 bits per heavy atom. The zero-order valence-corrected chi connectivity index (χ0v) is 11.6. The van der Waals surface area contributed by atoms with Crippen LogP contribution in [0.15, 0.2) is 24.0 Å². The van der Waals surface area contributed by atoms with Crippen molar-refractivity contribution in [2.75, 3.05) is 11.9 Å². The van der Waals surface area contributed by atoms with Crippen molar-refractivity contribution in [1.82, 2.24) is 24.6 Å². The van der Waals surface area contributed by atoms with Crippen molar-refractivity contribution in [2.24, 2.45) is 0 Å². The van der Waals surface area contributed by atoms with Crippen LogP contribution in [-0.4, -0.2) is 31.1 Å². The summed E-state index contributed by atoms with van der Waals surface area (Å²) in [5, 5.41) is 10.7. The van der Waals surface area contributed by atoms with Gasteiger partial charge in [0.1, 0.15) is 12.1 Å². The zero-order chi connectivity index (χ0) is 13.2. The Morgan fingerprint density at radius 2 is 2.32 bits per heavy atom. The number of rotatable bonds is 4. The molecule has 0 fully saturated rings. The van der Waals surface area contributed by atoms with Crippen LogP contribution in [0, 0.1) is 6.92 Å². The van der Waals surface area contributed by atoms with Gasteiger partial charge in [0.15, 0.2) is 0 Å². The molecule has 0 spiro atoms. The lowest BCUT2D eigenvalue weighted by molar-refractivity contribution is 0.783. The molecule has 1 atom stereocenters. The highest BCUT2D eigenvalue weighted by atomic mass is 32.1. The molecule has 19 heavy (non-hydrogen) atoms. The maximum Gasteiger partial charge on any atom is 0.254 e. The van der Waals surface area contributed by atoms with E-state index in [1.54, 1.807) is 15.9 Å². The predicted molar refractivity (Wildman–Crippen MR) is 74.5 cm³/mol. The van der Waals surface area contributed by atoms with Crippen molar-refractivity contribution in [3.05, 3.63) is 34.7 Å². The molecule has 0 aliphatic carbocycles. The Hall–Kier alpha value is -2.02. The molecule has 1 N–H and O–H groups in total. The van der Waals surface area contributed by atoms with E-state index in [4.69, 9.17) is 0 Å². The molecule has 3 aromatic heterocycles. The molecule has 3 aromatic rings. The lowest BCUT2D eigenvalue weighted by Crippen LogP contribution is -2.13. The summed E-state index contributed by atoms with van der Waals surface area (Å²) in [5.74, 6) is 1.87. The Balaban J connectivity index is 1.80. The average molecular weight is 274 g/mol. The predicted octanol–water partition coefficient (Wildman–Crippen LogP) is 2.10. The summed E-state index contributed by atoms with van der Waals surface area (Å²) in [7, 11) is 0.